The molecule has 0 radical (unpaired) electrons. The Balaban J connectivity index is 3.03. The van der Waals surface area contributed by atoms with E-state index in [1.165, 1.54) is 32.0 Å². The lowest BCUT2D eigenvalue weighted by atomic mass is 10.5. The number of nitrogens with zero attached hydrogens (tertiary/aromatic N) is 4. The SMILES string of the molecule is COc1cnc2c(n1)c(=O)n(C)c(=O)n2C. The van der Waals surface area contributed by atoms with Crippen LogP contribution in [0.2, 0.25) is 0 Å². The van der Waals surface area contributed by atoms with Crippen molar-refractivity contribution in [2.24, 2.45) is 14.1 Å². The fraction of sp³-hybridized carbons (Fsp3) is 0.333. The Morgan fingerprint density at radius 1 is 1.25 bits per heavy atom. The van der Waals surface area contributed by atoms with E-state index in [1.807, 2.05) is 0 Å². The second-order valence-corrected chi connectivity index (χ2v) is 3.29. The van der Waals surface area contributed by atoms with Crippen molar-refractivity contribution in [3.05, 3.63) is 27.0 Å². The highest BCUT2D eigenvalue weighted by atomic mass is 16.5. The summed E-state index contributed by atoms with van der Waals surface area (Å²) in [6.07, 6.45) is 1.36. The number of aryl methyl sites for hydroxylation is 1. The van der Waals surface area contributed by atoms with Gasteiger partial charge in [-0.1, -0.05) is 0 Å². The predicted octanol–water partition coefficient (Wildman–Crippen LogP) is -0.964. The predicted molar refractivity (Wildman–Crippen MR) is 56.6 cm³/mol. The van der Waals surface area contributed by atoms with Crippen molar-refractivity contribution in [3.8, 4) is 5.88 Å². The maximum absolute atomic E-state index is 11.8. The number of fused-ring (bicyclic) bond motifs is 1. The minimum absolute atomic E-state index is 0.115. The lowest BCUT2D eigenvalue weighted by Gasteiger charge is -2.06. The van der Waals surface area contributed by atoms with Gasteiger partial charge in [0.15, 0.2) is 11.2 Å². The van der Waals surface area contributed by atoms with Gasteiger partial charge in [-0.05, 0) is 0 Å². The zero-order valence-electron chi connectivity index (χ0n) is 9.09. The minimum Gasteiger partial charge on any atom is -0.480 e. The quantitative estimate of drug-likeness (QED) is 0.620. The van der Waals surface area contributed by atoms with Crippen molar-refractivity contribution < 1.29 is 4.74 Å². The molecule has 16 heavy (non-hydrogen) atoms. The van der Waals surface area contributed by atoms with Crippen LogP contribution >= 0.6 is 0 Å². The maximum atomic E-state index is 11.8. The molecule has 0 aliphatic carbocycles. The molecule has 0 spiro atoms. The van der Waals surface area contributed by atoms with E-state index in [0.29, 0.717) is 0 Å². The summed E-state index contributed by atoms with van der Waals surface area (Å²) in [5.41, 5.74) is -0.556. The summed E-state index contributed by atoms with van der Waals surface area (Å²) in [6, 6.07) is 0. The third kappa shape index (κ3) is 1.28. The zero-order chi connectivity index (χ0) is 11.9. The molecule has 7 nitrogen and oxygen atoms in total. The van der Waals surface area contributed by atoms with Gasteiger partial charge in [0.1, 0.15) is 0 Å². The Kier molecular flexibility index (Phi) is 2.22. The fourth-order valence-electron chi connectivity index (χ4n) is 1.42. The summed E-state index contributed by atoms with van der Waals surface area (Å²) < 4.78 is 7.13. The van der Waals surface area contributed by atoms with Gasteiger partial charge in [-0.15, -0.1) is 0 Å². The van der Waals surface area contributed by atoms with Gasteiger partial charge in [0.05, 0.1) is 13.3 Å². The lowest BCUT2D eigenvalue weighted by Crippen LogP contribution is -2.37. The van der Waals surface area contributed by atoms with E-state index in [1.54, 1.807) is 0 Å². The number of ether oxygens (including phenoxy) is 1. The molecule has 0 amide bonds. The Morgan fingerprint density at radius 2 is 1.94 bits per heavy atom. The Morgan fingerprint density at radius 3 is 2.56 bits per heavy atom. The Labute approximate surface area is 89.9 Å². The van der Waals surface area contributed by atoms with Gasteiger partial charge < -0.3 is 4.74 Å². The molecule has 2 aromatic heterocycles. The molecule has 2 aromatic rings. The van der Waals surface area contributed by atoms with E-state index in [0.717, 1.165) is 4.57 Å². The molecule has 84 valence electrons. The molecule has 0 bridgehead atoms. The van der Waals surface area contributed by atoms with Crippen LogP contribution in [-0.4, -0.2) is 26.2 Å². The van der Waals surface area contributed by atoms with Crippen LogP contribution in [0.3, 0.4) is 0 Å². The lowest BCUT2D eigenvalue weighted by molar-refractivity contribution is 0.397. The molecular formula is C9H10N4O3. The molecule has 0 N–H and O–H groups in total. The second kappa shape index (κ2) is 3.44. The molecule has 7 heteroatoms. The highest BCUT2D eigenvalue weighted by Gasteiger charge is 2.11. The van der Waals surface area contributed by atoms with Crippen molar-refractivity contribution in [2.45, 2.75) is 0 Å². The van der Waals surface area contributed by atoms with Crippen molar-refractivity contribution in [1.82, 2.24) is 19.1 Å². The largest absolute Gasteiger partial charge is 0.480 e. The first-order chi connectivity index (χ1) is 7.56. The van der Waals surface area contributed by atoms with Crippen molar-refractivity contribution in [3.63, 3.8) is 0 Å². The van der Waals surface area contributed by atoms with E-state index in [4.69, 9.17) is 4.74 Å². The summed E-state index contributed by atoms with van der Waals surface area (Å²) in [5.74, 6) is 0.239. The van der Waals surface area contributed by atoms with Gasteiger partial charge in [-0.3, -0.25) is 13.9 Å². The highest BCUT2D eigenvalue weighted by Crippen LogP contribution is 2.07. The third-order valence-corrected chi connectivity index (χ3v) is 2.34. The zero-order valence-corrected chi connectivity index (χ0v) is 9.09. The molecule has 0 fully saturated rings. The van der Waals surface area contributed by atoms with Crippen molar-refractivity contribution >= 4 is 11.2 Å². The van der Waals surface area contributed by atoms with Gasteiger partial charge in [-0.25, -0.2) is 14.8 Å². The molecule has 0 atom stereocenters. The summed E-state index contributed by atoms with van der Waals surface area (Å²) in [6.45, 7) is 0. The summed E-state index contributed by atoms with van der Waals surface area (Å²) >= 11 is 0. The monoisotopic (exact) mass is 222 g/mol. The Hall–Kier alpha value is -2.18. The van der Waals surface area contributed by atoms with E-state index in [-0.39, 0.29) is 17.0 Å². The molecule has 0 aromatic carbocycles. The van der Waals surface area contributed by atoms with Crippen LogP contribution in [0.25, 0.3) is 11.2 Å². The molecule has 2 heterocycles. The van der Waals surface area contributed by atoms with E-state index in [9.17, 15) is 9.59 Å². The molecule has 0 saturated heterocycles. The summed E-state index contributed by atoms with van der Waals surface area (Å²) in [7, 11) is 4.36. The third-order valence-electron chi connectivity index (χ3n) is 2.34. The number of rotatable bonds is 1. The minimum atomic E-state index is -0.482. The smallest absolute Gasteiger partial charge is 0.332 e. The molecular weight excluding hydrogens is 212 g/mol. The van der Waals surface area contributed by atoms with Gasteiger partial charge in [0.2, 0.25) is 5.88 Å². The highest BCUT2D eigenvalue weighted by molar-refractivity contribution is 5.68. The van der Waals surface area contributed by atoms with Gasteiger partial charge in [-0.2, -0.15) is 0 Å². The van der Waals surface area contributed by atoms with E-state index < -0.39 is 11.2 Å². The number of hydrogen-bond donors (Lipinski definition) is 0. The van der Waals surface area contributed by atoms with Crippen LogP contribution in [0.1, 0.15) is 0 Å². The standard InChI is InChI=1S/C9H10N4O3/c1-12-7-6(8(14)13(2)9(12)15)11-5(16-3)4-10-7/h4H,1-3H3. The topological polar surface area (TPSA) is 79.0 Å². The molecule has 0 aliphatic rings. The van der Waals surface area contributed by atoms with Gasteiger partial charge >= 0.3 is 5.69 Å². The number of methoxy groups -OCH3 is 1. The van der Waals surface area contributed by atoms with Crippen LogP contribution in [0, 0.1) is 0 Å². The first-order valence-electron chi connectivity index (χ1n) is 4.53. The molecule has 0 unspecified atom stereocenters. The van der Waals surface area contributed by atoms with Crippen LogP contribution in [-0.2, 0) is 14.1 Å². The van der Waals surface area contributed by atoms with Crippen molar-refractivity contribution in [2.75, 3.05) is 7.11 Å². The summed E-state index contributed by atoms with van der Waals surface area (Å²) in [4.78, 5) is 31.3. The second-order valence-electron chi connectivity index (χ2n) is 3.29. The first kappa shape index (κ1) is 10.3. The number of hydrogen-bond acceptors (Lipinski definition) is 5. The average molecular weight is 222 g/mol. The van der Waals surface area contributed by atoms with Crippen LogP contribution in [0.4, 0.5) is 0 Å². The molecule has 2 rings (SSSR count). The first-order valence-corrected chi connectivity index (χ1v) is 4.53. The molecule has 0 aliphatic heterocycles. The average Bonchev–Trinajstić information content (AvgIpc) is 2.33. The van der Waals surface area contributed by atoms with Gasteiger partial charge in [0.25, 0.3) is 5.56 Å². The van der Waals surface area contributed by atoms with Crippen LogP contribution < -0.4 is 16.0 Å². The van der Waals surface area contributed by atoms with E-state index in [2.05, 4.69) is 9.97 Å². The normalized spacial score (nSPS) is 10.7. The summed E-state index contributed by atoms with van der Waals surface area (Å²) in [5, 5.41) is 0. The maximum Gasteiger partial charge on any atom is 0.332 e. The van der Waals surface area contributed by atoms with Crippen molar-refractivity contribution in [1.29, 1.82) is 0 Å². The number of aromatic nitrogens is 4. The Bertz CT molecular complexity index is 671. The van der Waals surface area contributed by atoms with Gasteiger partial charge in [0, 0.05) is 14.1 Å². The molecule has 0 saturated carbocycles. The van der Waals surface area contributed by atoms with Crippen LogP contribution in [0.15, 0.2) is 15.8 Å². The van der Waals surface area contributed by atoms with E-state index >= 15 is 0 Å². The fourth-order valence-corrected chi connectivity index (χ4v) is 1.42. The van der Waals surface area contributed by atoms with Crippen LogP contribution in [0.5, 0.6) is 5.88 Å².